The summed E-state index contributed by atoms with van der Waals surface area (Å²) < 4.78 is 14.7. The van der Waals surface area contributed by atoms with Crippen molar-refractivity contribution in [3.05, 3.63) is 17.5 Å². The summed E-state index contributed by atoms with van der Waals surface area (Å²) in [4.78, 5) is 25.7. The van der Waals surface area contributed by atoms with Crippen LogP contribution in [0.2, 0.25) is 0 Å². The van der Waals surface area contributed by atoms with Crippen LogP contribution in [0.4, 0.5) is 0 Å². The molecule has 1 aromatic heterocycles. The van der Waals surface area contributed by atoms with Crippen LogP contribution in [-0.4, -0.2) is 37.2 Å². The fourth-order valence-electron chi connectivity index (χ4n) is 1.34. The van der Waals surface area contributed by atoms with Crippen molar-refractivity contribution in [3.63, 3.8) is 0 Å². The van der Waals surface area contributed by atoms with Crippen molar-refractivity contribution in [1.29, 1.82) is 0 Å². The third-order valence-corrected chi connectivity index (χ3v) is 2.01. The van der Waals surface area contributed by atoms with Gasteiger partial charge in [0.1, 0.15) is 5.56 Å². The second kappa shape index (κ2) is 5.93. The molecule has 1 rings (SSSR count). The smallest absolute Gasteiger partial charge is 0.358 e. The third kappa shape index (κ3) is 2.77. The maximum atomic E-state index is 11.5. The molecule has 0 radical (unpaired) electrons. The molecule has 1 aromatic rings. The van der Waals surface area contributed by atoms with E-state index in [0.29, 0.717) is 0 Å². The van der Waals surface area contributed by atoms with Crippen LogP contribution in [0, 0.1) is 0 Å². The van der Waals surface area contributed by atoms with Crippen LogP contribution in [0.25, 0.3) is 0 Å². The predicted molar refractivity (Wildman–Crippen MR) is 59.3 cm³/mol. The first-order valence-corrected chi connectivity index (χ1v) is 5.25. The van der Waals surface area contributed by atoms with Gasteiger partial charge in [0, 0.05) is 6.20 Å². The summed E-state index contributed by atoms with van der Waals surface area (Å²) in [6.07, 6.45) is 1.36. The van der Waals surface area contributed by atoms with Crippen LogP contribution in [-0.2, 0) is 9.47 Å². The van der Waals surface area contributed by atoms with Gasteiger partial charge in [-0.15, -0.1) is 0 Å². The summed E-state index contributed by atoms with van der Waals surface area (Å²) in [6.45, 7) is 3.89. The number of aromatic amines is 1. The van der Waals surface area contributed by atoms with Crippen LogP contribution in [0.1, 0.15) is 34.7 Å². The van der Waals surface area contributed by atoms with Crippen molar-refractivity contribution in [2.24, 2.45) is 0 Å². The van der Waals surface area contributed by atoms with Gasteiger partial charge in [0.25, 0.3) is 0 Å². The molecule has 17 heavy (non-hydrogen) atoms. The highest BCUT2D eigenvalue weighted by Crippen LogP contribution is 2.24. The van der Waals surface area contributed by atoms with Crippen molar-refractivity contribution in [2.75, 3.05) is 20.3 Å². The third-order valence-electron chi connectivity index (χ3n) is 2.01. The number of hydrogen-bond donors (Lipinski definition) is 1. The Hall–Kier alpha value is -1.98. The quantitative estimate of drug-likeness (QED) is 0.788. The summed E-state index contributed by atoms with van der Waals surface area (Å²) in [5.41, 5.74) is 0.287. The van der Waals surface area contributed by atoms with Crippen molar-refractivity contribution >= 4 is 11.9 Å². The van der Waals surface area contributed by atoms with Gasteiger partial charge >= 0.3 is 11.9 Å². The molecular weight excluding hydrogens is 226 g/mol. The normalized spacial score (nSPS) is 9.82. The van der Waals surface area contributed by atoms with Gasteiger partial charge in [0.2, 0.25) is 0 Å². The summed E-state index contributed by atoms with van der Waals surface area (Å²) >= 11 is 0. The highest BCUT2D eigenvalue weighted by atomic mass is 16.5. The van der Waals surface area contributed by atoms with Crippen molar-refractivity contribution in [1.82, 2.24) is 4.98 Å². The standard InChI is InChI=1S/C11H15NO5/c1-4-16-10(13)7-6-12-8(9(7)15-3)11(14)17-5-2/h6,12H,4-5H2,1-3H3. The first-order chi connectivity index (χ1) is 8.15. The van der Waals surface area contributed by atoms with Crippen molar-refractivity contribution in [2.45, 2.75) is 13.8 Å². The minimum atomic E-state index is -0.570. The molecule has 1 heterocycles. The summed E-state index contributed by atoms with van der Waals surface area (Å²) in [5.74, 6) is -0.974. The number of rotatable bonds is 5. The van der Waals surface area contributed by atoms with Crippen LogP contribution in [0.5, 0.6) is 5.75 Å². The Morgan fingerprint density at radius 1 is 1.18 bits per heavy atom. The van der Waals surface area contributed by atoms with Crippen LogP contribution in [0.3, 0.4) is 0 Å². The Morgan fingerprint density at radius 2 is 1.76 bits per heavy atom. The topological polar surface area (TPSA) is 77.6 Å². The van der Waals surface area contributed by atoms with E-state index in [4.69, 9.17) is 14.2 Å². The number of carbonyl (C=O) groups is 2. The number of hydrogen-bond acceptors (Lipinski definition) is 5. The number of methoxy groups -OCH3 is 1. The SMILES string of the molecule is CCOC(=O)c1c[nH]c(C(=O)OCC)c1OC. The molecule has 0 fully saturated rings. The van der Waals surface area contributed by atoms with E-state index >= 15 is 0 Å². The molecule has 94 valence electrons. The number of H-pyrrole nitrogens is 1. The van der Waals surface area contributed by atoms with Gasteiger partial charge in [-0.1, -0.05) is 0 Å². The molecule has 6 heteroatoms. The number of esters is 2. The van der Waals surface area contributed by atoms with Crippen LogP contribution >= 0.6 is 0 Å². The van der Waals surface area contributed by atoms with E-state index in [2.05, 4.69) is 4.98 Å². The molecule has 0 aliphatic rings. The zero-order chi connectivity index (χ0) is 12.8. The lowest BCUT2D eigenvalue weighted by Gasteiger charge is -2.05. The molecule has 0 aliphatic carbocycles. The Labute approximate surface area is 98.9 Å². The van der Waals surface area contributed by atoms with Crippen LogP contribution in [0.15, 0.2) is 6.20 Å². The maximum Gasteiger partial charge on any atom is 0.358 e. The minimum Gasteiger partial charge on any atom is -0.493 e. The fraction of sp³-hybridized carbons (Fsp3) is 0.455. The summed E-state index contributed by atoms with van der Waals surface area (Å²) in [5, 5.41) is 0. The maximum absolute atomic E-state index is 11.5. The Balaban J connectivity index is 3.02. The second-order valence-corrected chi connectivity index (χ2v) is 3.05. The van der Waals surface area contributed by atoms with Gasteiger partial charge in [-0.3, -0.25) is 0 Å². The van der Waals surface area contributed by atoms with E-state index < -0.39 is 11.9 Å². The molecule has 0 spiro atoms. The van der Waals surface area contributed by atoms with Crippen LogP contribution < -0.4 is 4.74 Å². The monoisotopic (exact) mass is 241 g/mol. The molecule has 0 saturated carbocycles. The first kappa shape index (κ1) is 13.1. The number of ether oxygens (including phenoxy) is 3. The number of nitrogens with one attached hydrogen (secondary N) is 1. The van der Waals surface area contributed by atoms with Gasteiger partial charge in [0.15, 0.2) is 11.4 Å². The van der Waals surface area contributed by atoms with E-state index in [0.717, 1.165) is 0 Å². The lowest BCUT2D eigenvalue weighted by molar-refractivity contribution is 0.0516. The largest absolute Gasteiger partial charge is 0.493 e. The molecule has 0 aromatic carbocycles. The van der Waals surface area contributed by atoms with Gasteiger partial charge in [-0.25, -0.2) is 9.59 Å². The lowest BCUT2D eigenvalue weighted by Crippen LogP contribution is -2.09. The van der Waals surface area contributed by atoms with Gasteiger partial charge in [-0.2, -0.15) is 0 Å². The minimum absolute atomic E-state index is 0.109. The lowest BCUT2D eigenvalue weighted by atomic mass is 10.2. The molecular formula is C11H15NO5. The molecule has 6 nitrogen and oxygen atoms in total. The molecule has 0 saturated heterocycles. The van der Waals surface area contributed by atoms with Gasteiger partial charge in [-0.05, 0) is 13.8 Å². The van der Waals surface area contributed by atoms with E-state index in [9.17, 15) is 9.59 Å². The highest BCUT2D eigenvalue weighted by molar-refractivity contribution is 5.99. The summed E-state index contributed by atoms with van der Waals surface area (Å²) in [7, 11) is 1.37. The van der Waals surface area contributed by atoms with E-state index in [-0.39, 0.29) is 30.2 Å². The first-order valence-electron chi connectivity index (χ1n) is 5.25. The molecule has 0 unspecified atom stereocenters. The highest BCUT2D eigenvalue weighted by Gasteiger charge is 2.24. The molecule has 0 aliphatic heterocycles. The average Bonchev–Trinajstić information content (AvgIpc) is 2.73. The molecule has 0 bridgehead atoms. The van der Waals surface area contributed by atoms with Crippen molar-refractivity contribution < 1.29 is 23.8 Å². The van der Waals surface area contributed by atoms with Crippen molar-refractivity contribution in [3.8, 4) is 5.75 Å². The van der Waals surface area contributed by atoms with E-state index in [1.165, 1.54) is 13.3 Å². The second-order valence-electron chi connectivity index (χ2n) is 3.05. The molecule has 0 atom stereocenters. The van der Waals surface area contributed by atoms with Gasteiger partial charge in [0.05, 0.1) is 20.3 Å². The van der Waals surface area contributed by atoms with Gasteiger partial charge < -0.3 is 19.2 Å². The molecule has 0 amide bonds. The number of aromatic nitrogens is 1. The predicted octanol–water partition coefficient (Wildman–Crippen LogP) is 1.38. The Kier molecular flexibility index (Phi) is 4.56. The van der Waals surface area contributed by atoms with E-state index in [1.807, 2.05) is 0 Å². The Morgan fingerprint density at radius 3 is 2.29 bits per heavy atom. The molecule has 1 N–H and O–H groups in total. The Bertz CT molecular complexity index is 374. The van der Waals surface area contributed by atoms with E-state index in [1.54, 1.807) is 13.8 Å². The zero-order valence-corrected chi connectivity index (χ0v) is 10.0. The fourth-order valence-corrected chi connectivity index (χ4v) is 1.34. The number of carbonyl (C=O) groups excluding carboxylic acids is 2. The average molecular weight is 241 g/mol. The summed E-state index contributed by atoms with van der Waals surface area (Å²) in [6, 6.07) is 0. The zero-order valence-electron chi connectivity index (χ0n) is 10.0.